The molecule has 1 aliphatic rings. The third-order valence-corrected chi connectivity index (χ3v) is 5.17. The standard InChI is InChI=1S/C21H22ClN3O/c1-2-21(26)24-11-10-19(15-24)25(14-16-6-4-3-5-7-16)18-9-8-17(13-23)20(22)12-18/h3-9,12,19H,2,10-11,14-15H2,1H3/t19-/m0/s1. The Morgan fingerprint density at radius 3 is 2.73 bits per heavy atom. The van der Waals surface area contributed by atoms with E-state index in [1.165, 1.54) is 5.56 Å². The molecule has 2 aromatic carbocycles. The van der Waals surface area contributed by atoms with Crippen LogP contribution in [0.5, 0.6) is 0 Å². The maximum Gasteiger partial charge on any atom is 0.222 e. The summed E-state index contributed by atoms with van der Waals surface area (Å²) in [5, 5.41) is 9.59. The highest BCUT2D eigenvalue weighted by Gasteiger charge is 2.30. The fourth-order valence-corrected chi connectivity index (χ4v) is 3.65. The maximum atomic E-state index is 12.1. The first-order valence-electron chi connectivity index (χ1n) is 8.90. The predicted molar refractivity (Wildman–Crippen MR) is 104 cm³/mol. The fraction of sp³-hybridized carbons (Fsp3) is 0.333. The van der Waals surface area contributed by atoms with Crippen molar-refractivity contribution in [3.63, 3.8) is 0 Å². The molecule has 1 amide bonds. The van der Waals surface area contributed by atoms with E-state index in [0.29, 0.717) is 17.0 Å². The average Bonchev–Trinajstić information content (AvgIpc) is 3.16. The van der Waals surface area contributed by atoms with Gasteiger partial charge >= 0.3 is 0 Å². The van der Waals surface area contributed by atoms with Gasteiger partial charge in [-0.25, -0.2) is 0 Å². The lowest BCUT2D eigenvalue weighted by Crippen LogP contribution is -2.38. The van der Waals surface area contributed by atoms with Crippen molar-refractivity contribution in [2.75, 3.05) is 18.0 Å². The number of anilines is 1. The Bertz CT molecular complexity index is 816. The van der Waals surface area contributed by atoms with Crippen molar-refractivity contribution in [2.24, 2.45) is 0 Å². The second-order valence-electron chi connectivity index (χ2n) is 6.53. The molecule has 2 aromatic rings. The molecule has 0 radical (unpaired) electrons. The molecular formula is C21H22ClN3O. The number of carbonyl (C=O) groups excluding carboxylic acids is 1. The molecule has 1 atom stereocenters. The van der Waals surface area contributed by atoms with E-state index in [9.17, 15) is 4.79 Å². The zero-order valence-corrected chi connectivity index (χ0v) is 15.6. The van der Waals surface area contributed by atoms with Gasteiger partial charge in [0.05, 0.1) is 10.6 Å². The van der Waals surface area contributed by atoms with Crippen LogP contribution in [-0.2, 0) is 11.3 Å². The molecule has 0 bridgehead atoms. The molecule has 4 nitrogen and oxygen atoms in total. The molecule has 5 heteroatoms. The van der Waals surface area contributed by atoms with Crippen LogP contribution in [0.15, 0.2) is 48.5 Å². The van der Waals surface area contributed by atoms with Crippen LogP contribution in [0, 0.1) is 11.3 Å². The zero-order chi connectivity index (χ0) is 18.5. The lowest BCUT2D eigenvalue weighted by molar-refractivity contribution is -0.129. The lowest BCUT2D eigenvalue weighted by Gasteiger charge is -2.31. The minimum atomic E-state index is 0.199. The fourth-order valence-electron chi connectivity index (χ4n) is 3.43. The summed E-state index contributed by atoms with van der Waals surface area (Å²) in [5.41, 5.74) is 2.66. The molecule has 26 heavy (non-hydrogen) atoms. The number of nitrogens with zero attached hydrogens (tertiary/aromatic N) is 3. The first kappa shape index (κ1) is 18.3. The molecule has 0 spiro atoms. The second kappa shape index (κ2) is 8.25. The van der Waals surface area contributed by atoms with Gasteiger partial charge in [0.2, 0.25) is 5.91 Å². The van der Waals surface area contributed by atoms with Crippen LogP contribution in [0.2, 0.25) is 5.02 Å². The monoisotopic (exact) mass is 367 g/mol. The van der Waals surface area contributed by atoms with Gasteiger partial charge in [0.1, 0.15) is 6.07 Å². The first-order valence-corrected chi connectivity index (χ1v) is 9.28. The Kier molecular flexibility index (Phi) is 5.80. The highest BCUT2D eigenvalue weighted by atomic mass is 35.5. The number of rotatable bonds is 5. The SMILES string of the molecule is CCC(=O)N1CC[C@H](N(Cc2ccccc2)c2ccc(C#N)c(Cl)c2)C1. The summed E-state index contributed by atoms with van der Waals surface area (Å²) in [4.78, 5) is 16.3. The number of hydrogen-bond donors (Lipinski definition) is 0. The Morgan fingerprint density at radius 1 is 1.31 bits per heavy atom. The molecular weight excluding hydrogens is 346 g/mol. The molecule has 1 aliphatic heterocycles. The summed E-state index contributed by atoms with van der Waals surface area (Å²) in [7, 11) is 0. The van der Waals surface area contributed by atoms with E-state index in [2.05, 4.69) is 23.1 Å². The second-order valence-corrected chi connectivity index (χ2v) is 6.93. The zero-order valence-electron chi connectivity index (χ0n) is 14.9. The Labute approximate surface area is 159 Å². The Balaban J connectivity index is 1.89. The number of benzene rings is 2. The van der Waals surface area contributed by atoms with E-state index in [1.54, 1.807) is 6.07 Å². The van der Waals surface area contributed by atoms with Crippen LogP contribution in [0.1, 0.15) is 30.9 Å². The summed E-state index contributed by atoms with van der Waals surface area (Å²) in [6.45, 7) is 4.14. The van der Waals surface area contributed by atoms with E-state index in [4.69, 9.17) is 16.9 Å². The smallest absolute Gasteiger partial charge is 0.222 e. The van der Waals surface area contributed by atoms with Crippen molar-refractivity contribution in [1.82, 2.24) is 4.90 Å². The van der Waals surface area contributed by atoms with E-state index >= 15 is 0 Å². The number of likely N-dealkylation sites (tertiary alicyclic amines) is 1. The molecule has 3 rings (SSSR count). The quantitative estimate of drug-likeness (QED) is 0.794. The van der Waals surface area contributed by atoms with Gasteiger partial charge in [-0.05, 0) is 30.2 Å². The van der Waals surface area contributed by atoms with Crippen LogP contribution in [-0.4, -0.2) is 29.9 Å². The van der Waals surface area contributed by atoms with Gasteiger partial charge in [-0.1, -0.05) is 48.9 Å². The number of carbonyl (C=O) groups is 1. The van der Waals surface area contributed by atoms with Gasteiger partial charge < -0.3 is 9.80 Å². The van der Waals surface area contributed by atoms with Crippen LogP contribution < -0.4 is 4.90 Å². The van der Waals surface area contributed by atoms with E-state index in [-0.39, 0.29) is 11.9 Å². The third kappa shape index (κ3) is 4.00. The van der Waals surface area contributed by atoms with Gasteiger partial charge in [0.15, 0.2) is 0 Å². The van der Waals surface area contributed by atoms with Gasteiger partial charge in [-0.2, -0.15) is 5.26 Å². The summed E-state index contributed by atoms with van der Waals surface area (Å²) < 4.78 is 0. The van der Waals surface area contributed by atoms with Gasteiger partial charge in [0.25, 0.3) is 0 Å². The third-order valence-electron chi connectivity index (χ3n) is 4.86. The van der Waals surface area contributed by atoms with Crippen molar-refractivity contribution in [2.45, 2.75) is 32.4 Å². The molecule has 0 saturated carbocycles. The Hall–Kier alpha value is -2.51. The van der Waals surface area contributed by atoms with E-state index in [1.807, 2.05) is 42.2 Å². The predicted octanol–water partition coefficient (Wildman–Crippen LogP) is 4.23. The first-order chi connectivity index (χ1) is 12.6. The number of hydrogen-bond acceptors (Lipinski definition) is 3. The molecule has 0 aromatic heterocycles. The largest absolute Gasteiger partial charge is 0.362 e. The van der Waals surface area contributed by atoms with Gasteiger partial charge in [-0.15, -0.1) is 0 Å². The molecule has 1 fully saturated rings. The summed E-state index contributed by atoms with van der Waals surface area (Å²) in [6, 6.07) is 18.2. The molecule has 0 unspecified atom stereocenters. The van der Waals surface area contributed by atoms with Crippen molar-refractivity contribution in [1.29, 1.82) is 5.26 Å². The lowest BCUT2D eigenvalue weighted by atomic mass is 10.1. The number of amides is 1. The minimum Gasteiger partial charge on any atom is -0.362 e. The van der Waals surface area contributed by atoms with Crippen LogP contribution in [0.25, 0.3) is 0 Å². The number of halogens is 1. The molecule has 134 valence electrons. The normalized spacial score (nSPS) is 16.3. The highest BCUT2D eigenvalue weighted by molar-refractivity contribution is 6.32. The Morgan fingerprint density at radius 2 is 2.08 bits per heavy atom. The molecule has 1 saturated heterocycles. The highest BCUT2D eigenvalue weighted by Crippen LogP contribution is 2.29. The molecule has 0 N–H and O–H groups in total. The summed E-state index contributed by atoms with van der Waals surface area (Å²) >= 11 is 6.27. The topological polar surface area (TPSA) is 47.3 Å². The number of nitriles is 1. The van der Waals surface area contributed by atoms with E-state index in [0.717, 1.165) is 31.7 Å². The molecule has 0 aliphatic carbocycles. The summed E-state index contributed by atoms with van der Waals surface area (Å²) in [5.74, 6) is 0.199. The van der Waals surface area contributed by atoms with Crippen LogP contribution in [0.3, 0.4) is 0 Å². The summed E-state index contributed by atoms with van der Waals surface area (Å²) in [6.07, 6.45) is 1.46. The van der Waals surface area contributed by atoms with E-state index < -0.39 is 0 Å². The van der Waals surface area contributed by atoms with Crippen molar-refractivity contribution in [3.8, 4) is 6.07 Å². The minimum absolute atomic E-state index is 0.199. The average molecular weight is 368 g/mol. The van der Waals surface area contributed by atoms with Gasteiger partial charge in [-0.3, -0.25) is 4.79 Å². The van der Waals surface area contributed by atoms with Crippen molar-refractivity contribution >= 4 is 23.2 Å². The van der Waals surface area contributed by atoms with Crippen molar-refractivity contribution < 1.29 is 4.79 Å². The van der Waals surface area contributed by atoms with Gasteiger partial charge in [0, 0.05) is 37.8 Å². The maximum absolute atomic E-state index is 12.1. The van der Waals surface area contributed by atoms with Crippen LogP contribution in [0.4, 0.5) is 5.69 Å². The molecule has 1 heterocycles. The van der Waals surface area contributed by atoms with Crippen molar-refractivity contribution in [3.05, 3.63) is 64.7 Å². The van der Waals surface area contributed by atoms with Crippen LogP contribution >= 0.6 is 11.6 Å².